The van der Waals surface area contributed by atoms with E-state index in [-0.39, 0.29) is 12.2 Å². The third-order valence-corrected chi connectivity index (χ3v) is 2.23. The number of nitrogens with zero attached hydrogens (tertiary/aromatic N) is 1. The third kappa shape index (κ3) is 2.87. The quantitative estimate of drug-likeness (QED) is 0.763. The van der Waals surface area contributed by atoms with Crippen LogP contribution in [-0.4, -0.2) is 21.8 Å². The lowest BCUT2D eigenvalue weighted by atomic mass is 9.95. The largest absolute Gasteiger partial charge is 0.481 e. The van der Waals surface area contributed by atoms with Crippen LogP contribution in [0.2, 0.25) is 0 Å². The minimum Gasteiger partial charge on any atom is -0.481 e. The van der Waals surface area contributed by atoms with Crippen LogP contribution in [0.4, 0.5) is 0 Å². The van der Waals surface area contributed by atoms with E-state index < -0.39 is 11.9 Å². The molecule has 0 aliphatic heterocycles. The average molecular weight is 207 g/mol. The Morgan fingerprint density at radius 3 is 2.73 bits per heavy atom. The predicted octanol–water partition coefficient (Wildman–Crippen LogP) is 1.68. The Kier molecular flexibility index (Phi) is 3.55. The number of aryl methyl sites for hydroxylation is 1. The molecular weight excluding hydrogens is 194 g/mol. The molecule has 80 valence electrons. The van der Waals surface area contributed by atoms with Gasteiger partial charge in [-0.2, -0.15) is 0 Å². The molecule has 0 aromatic carbocycles. The maximum absolute atomic E-state index is 11.8. The van der Waals surface area contributed by atoms with Crippen LogP contribution in [0.25, 0.3) is 0 Å². The number of hydrogen-bond donors (Lipinski definition) is 1. The molecule has 0 amide bonds. The van der Waals surface area contributed by atoms with E-state index in [1.54, 1.807) is 19.2 Å². The fraction of sp³-hybridized carbons (Fsp3) is 0.364. The number of Topliss-reactive ketones (excluding diaryl/α,β-unsaturated/α-hetero) is 1. The van der Waals surface area contributed by atoms with Gasteiger partial charge in [-0.1, -0.05) is 6.92 Å². The Hall–Kier alpha value is -1.71. The number of carboxylic acid groups (broad SMARTS) is 1. The van der Waals surface area contributed by atoms with E-state index >= 15 is 0 Å². The van der Waals surface area contributed by atoms with Crippen molar-refractivity contribution in [3.05, 3.63) is 29.6 Å². The molecule has 0 saturated carbocycles. The van der Waals surface area contributed by atoms with Crippen LogP contribution in [0.3, 0.4) is 0 Å². The van der Waals surface area contributed by atoms with Crippen LogP contribution in [0.5, 0.6) is 0 Å². The Morgan fingerprint density at radius 2 is 2.20 bits per heavy atom. The first-order valence-electron chi connectivity index (χ1n) is 4.69. The molecule has 0 spiro atoms. The van der Waals surface area contributed by atoms with Gasteiger partial charge in [0.05, 0.1) is 6.42 Å². The second-order valence-corrected chi connectivity index (χ2v) is 3.55. The summed E-state index contributed by atoms with van der Waals surface area (Å²) in [5, 5.41) is 8.58. The SMILES string of the molecule is Cc1ccncc1C(=O)C(C)CC(=O)O. The van der Waals surface area contributed by atoms with Crippen molar-refractivity contribution in [1.82, 2.24) is 4.98 Å². The van der Waals surface area contributed by atoms with Crippen molar-refractivity contribution < 1.29 is 14.7 Å². The molecule has 4 heteroatoms. The lowest BCUT2D eigenvalue weighted by Gasteiger charge is -2.09. The molecule has 1 unspecified atom stereocenters. The summed E-state index contributed by atoms with van der Waals surface area (Å²) in [4.78, 5) is 26.1. The van der Waals surface area contributed by atoms with E-state index in [2.05, 4.69) is 4.98 Å². The van der Waals surface area contributed by atoms with E-state index in [4.69, 9.17) is 5.11 Å². The van der Waals surface area contributed by atoms with Crippen LogP contribution in [-0.2, 0) is 4.79 Å². The number of hydrogen-bond acceptors (Lipinski definition) is 3. The summed E-state index contributed by atoms with van der Waals surface area (Å²) in [6.07, 6.45) is 2.94. The van der Waals surface area contributed by atoms with Crippen molar-refractivity contribution in [3.63, 3.8) is 0 Å². The van der Waals surface area contributed by atoms with E-state index in [0.29, 0.717) is 5.56 Å². The van der Waals surface area contributed by atoms with Crippen molar-refractivity contribution in [2.75, 3.05) is 0 Å². The van der Waals surface area contributed by atoms with Crippen molar-refractivity contribution in [2.45, 2.75) is 20.3 Å². The monoisotopic (exact) mass is 207 g/mol. The van der Waals surface area contributed by atoms with Gasteiger partial charge in [0.1, 0.15) is 0 Å². The Bertz CT molecular complexity index is 387. The zero-order valence-electron chi connectivity index (χ0n) is 8.73. The molecule has 1 heterocycles. The molecule has 1 atom stereocenters. The Morgan fingerprint density at radius 1 is 1.53 bits per heavy atom. The van der Waals surface area contributed by atoms with Crippen LogP contribution in [0.15, 0.2) is 18.5 Å². The van der Waals surface area contributed by atoms with Crippen LogP contribution < -0.4 is 0 Å². The van der Waals surface area contributed by atoms with Crippen molar-refractivity contribution in [3.8, 4) is 0 Å². The average Bonchev–Trinajstić information content (AvgIpc) is 2.16. The van der Waals surface area contributed by atoms with Crippen LogP contribution in [0, 0.1) is 12.8 Å². The number of pyridine rings is 1. The Labute approximate surface area is 88.0 Å². The van der Waals surface area contributed by atoms with Crippen LogP contribution >= 0.6 is 0 Å². The van der Waals surface area contributed by atoms with Crippen molar-refractivity contribution in [1.29, 1.82) is 0 Å². The summed E-state index contributed by atoms with van der Waals surface area (Å²) in [5.41, 5.74) is 1.33. The highest BCUT2D eigenvalue weighted by Crippen LogP contribution is 2.14. The molecule has 0 radical (unpaired) electrons. The van der Waals surface area contributed by atoms with E-state index in [1.165, 1.54) is 6.20 Å². The first-order valence-corrected chi connectivity index (χ1v) is 4.69. The predicted molar refractivity (Wildman–Crippen MR) is 54.7 cm³/mol. The maximum Gasteiger partial charge on any atom is 0.304 e. The van der Waals surface area contributed by atoms with Crippen molar-refractivity contribution >= 4 is 11.8 Å². The smallest absolute Gasteiger partial charge is 0.304 e. The molecule has 1 aromatic heterocycles. The first-order chi connectivity index (χ1) is 7.02. The van der Waals surface area contributed by atoms with Crippen molar-refractivity contribution in [2.24, 2.45) is 5.92 Å². The minimum atomic E-state index is -0.961. The van der Waals surface area contributed by atoms with Gasteiger partial charge in [-0.3, -0.25) is 14.6 Å². The first kappa shape index (κ1) is 11.4. The van der Waals surface area contributed by atoms with Gasteiger partial charge in [0.15, 0.2) is 5.78 Å². The van der Waals surface area contributed by atoms with Gasteiger partial charge in [-0.25, -0.2) is 0 Å². The van der Waals surface area contributed by atoms with Gasteiger partial charge in [-0.05, 0) is 18.6 Å². The van der Waals surface area contributed by atoms with E-state index in [1.807, 2.05) is 6.92 Å². The third-order valence-electron chi connectivity index (χ3n) is 2.23. The highest BCUT2D eigenvalue weighted by atomic mass is 16.4. The molecule has 0 aliphatic carbocycles. The molecule has 1 aromatic rings. The molecule has 4 nitrogen and oxygen atoms in total. The Balaban J connectivity index is 2.85. The number of carbonyl (C=O) groups excluding carboxylic acids is 1. The molecular formula is C11H13NO3. The number of ketones is 1. The summed E-state index contributed by atoms with van der Waals surface area (Å²) in [7, 11) is 0. The highest BCUT2D eigenvalue weighted by Gasteiger charge is 2.19. The van der Waals surface area contributed by atoms with E-state index in [0.717, 1.165) is 5.56 Å². The molecule has 15 heavy (non-hydrogen) atoms. The summed E-state index contributed by atoms with van der Waals surface area (Å²) >= 11 is 0. The second kappa shape index (κ2) is 4.68. The fourth-order valence-electron chi connectivity index (χ4n) is 1.34. The zero-order chi connectivity index (χ0) is 11.4. The lowest BCUT2D eigenvalue weighted by molar-refractivity contribution is -0.137. The number of aromatic nitrogens is 1. The number of rotatable bonds is 4. The maximum atomic E-state index is 11.8. The van der Waals surface area contributed by atoms with Gasteiger partial charge in [-0.15, -0.1) is 0 Å². The van der Waals surface area contributed by atoms with Gasteiger partial charge in [0.25, 0.3) is 0 Å². The topological polar surface area (TPSA) is 67.3 Å². The van der Waals surface area contributed by atoms with Gasteiger partial charge >= 0.3 is 5.97 Å². The summed E-state index contributed by atoms with van der Waals surface area (Å²) in [6.45, 7) is 3.42. The van der Waals surface area contributed by atoms with Gasteiger partial charge in [0, 0.05) is 23.9 Å². The lowest BCUT2D eigenvalue weighted by Crippen LogP contribution is -2.16. The number of carbonyl (C=O) groups is 2. The summed E-state index contributed by atoms with van der Waals surface area (Å²) in [5.74, 6) is -1.63. The molecule has 0 fully saturated rings. The highest BCUT2D eigenvalue weighted by molar-refractivity contribution is 5.99. The zero-order valence-corrected chi connectivity index (χ0v) is 8.73. The number of aliphatic carboxylic acids is 1. The standard InChI is InChI=1S/C11H13NO3/c1-7-3-4-12-6-9(7)11(15)8(2)5-10(13)14/h3-4,6,8H,5H2,1-2H3,(H,13,14). The number of carboxylic acids is 1. The van der Waals surface area contributed by atoms with Gasteiger partial charge in [0.2, 0.25) is 0 Å². The molecule has 0 aliphatic rings. The molecule has 1 rings (SSSR count). The summed E-state index contributed by atoms with van der Waals surface area (Å²) in [6, 6.07) is 1.74. The fourth-order valence-corrected chi connectivity index (χ4v) is 1.34. The van der Waals surface area contributed by atoms with E-state index in [9.17, 15) is 9.59 Å². The van der Waals surface area contributed by atoms with Crippen LogP contribution in [0.1, 0.15) is 29.3 Å². The van der Waals surface area contributed by atoms with Gasteiger partial charge < -0.3 is 5.11 Å². The molecule has 0 bridgehead atoms. The normalized spacial score (nSPS) is 12.1. The minimum absolute atomic E-state index is 0.146. The molecule has 1 N–H and O–H groups in total. The second-order valence-electron chi connectivity index (χ2n) is 3.55. The molecule has 0 saturated heterocycles. The summed E-state index contributed by atoms with van der Waals surface area (Å²) < 4.78 is 0.